The van der Waals surface area contributed by atoms with E-state index in [0.717, 1.165) is 29.9 Å². The minimum absolute atomic E-state index is 0.193. The molecule has 0 aliphatic carbocycles. The van der Waals surface area contributed by atoms with Gasteiger partial charge in [0.05, 0.1) is 16.1 Å². The Hall–Kier alpha value is -3.49. The molecule has 166 valence electrons. The third-order valence-electron chi connectivity index (χ3n) is 6.08. The van der Waals surface area contributed by atoms with Crippen LogP contribution in [0.3, 0.4) is 0 Å². The number of fused-ring (bicyclic) bond motifs is 2. The molecule has 0 bridgehead atoms. The van der Waals surface area contributed by atoms with Gasteiger partial charge in [-0.25, -0.2) is 14.4 Å². The summed E-state index contributed by atoms with van der Waals surface area (Å²) in [6.45, 7) is 5.61. The second kappa shape index (κ2) is 7.83. The predicted molar refractivity (Wildman–Crippen MR) is 126 cm³/mol. The van der Waals surface area contributed by atoms with Gasteiger partial charge in [-0.05, 0) is 31.0 Å². The van der Waals surface area contributed by atoms with Crippen LogP contribution < -0.4 is 10.2 Å². The third kappa shape index (κ3) is 3.34. The first-order valence-corrected chi connectivity index (χ1v) is 11.1. The van der Waals surface area contributed by atoms with Crippen LogP contribution in [-0.2, 0) is 4.74 Å². The molecule has 33 heavy (non-hydrogen) atoms. The number of aromatic nitrogens is 4. The van der Waals surface area contributed by atoms with Crippen molar-refractivity contribution in [2.24, 2.45) is 0 Å². The van der Waals surface area contributed by atoms with Gasteiger partial charge in [-0.2, -0.15) is 4.98 Å². The van der Waals surface area contributed by atoms with E-state index in [0.29, 0.717) is 46.7 Å². The molecule has 1 N–H and O–H groups in total. The van der Waals surface area contributed by atoms with Crippen LogP contribution in [0.15, 0.2) is 61.2 Å². The van der Waals surface area contributed by atoms with E-state index in [9.17, 15) is 4.39 Å². The van der Waals surface area contributed by atoms with Crippen LogP contribution in [0.1, 0.15) is 12.8 Å². The lowest BCUT2D eigenvalue weighted by Gasteiger charge is -2.32. The average molecular weight is 463 g/mol. The monoisotopic (exact) mass is 462 g/mol. The molecule has 4 aromatic rings. The molecule has 7 nitrogen and oxygen atoms in total. The largest absolute Gasteiger partial charge is 0.381 e. The fraction of sp³-hybridized carbons (Fsp3) is 0.208. The normalized spacial score (nSPS) is 16.3. The molecule has 9 heteroatoms. The smallest absolute Gasteiger partial charge is 0.238 e. The summed E-state index contributed by atoms with van der Waals surface area (Å²) in [4.78, 5) is 16.3. The van der Waals surface area contributed by atoms with E-state index in [4.69, 9.17) is 26.3 Å². The zero-order valence-corrected chi connectivity index (χ0v) is 18.4. The summed E-state index contributed by atoms with van der Waals surface area (Å²) in [6.07, 6.45) is 3.33. The van der Waals surface area contributed by atoms with Crippen LogP contribution in [0.2, 0.25) is 5.02 Å². The van der Waals surface area contributed by atoms with Crippen molar-refractivity contribution in [3.63, 3.8) is 0 Å². The van der Waals surface area contributed by atoms with E-state index < -0.39 is 0 Å². The zero-order chi connectivity index (χ0) is 22.5. The van der Waals surface area contributed by atoms with E-state index in [1.807, 2.05) is 24.3 Å². The number of hydrogen-bond acceptors (Lipinski definition) is 6. The molecule has 1 saturated heterocycles. The van der Waals surface area contributed by atoms with Gasteiger partial charge in [-0.1, -0.05) is 36.4 Å². The maximum atomic E-state index is 14.0. The molecule has 4 heterocycles. The SMILES string of the molecule is C=C1Nc2c(-c3ccccc3Cl)nc(-n3cnc4ccc(F)cc43)nc2N1C1CCOCC1. The highest BCUT2D eigenvalue weighted by molar-refractivity contribution is 6.33. The molecule has 2 aliphatic heterocycles. The van der Waals surface area contributed by atoms with Crippen molar-refractivity contribution in [3.8, 4) is 17.2 Å². The van der Waals surface area contributed by atoms with Crippen LogP contribution in [0, 0.1) is 5.82 Å². The molecule has 6 rings (SSSR count). The molecule has 0 saturated carbocycles. The van der Waals surface area contributed by atoms with Crippen molar-refractivity contribution in [2.45, 2.75) is 18.9 Å². The fourth-order valence-corrected chi connectivity index (χ4v) is 4.72. The molecule has 2 aromatic carbocycles. The van der Waals surface area contributed by atoms with E-state index in [-0.39, 0.29) is 11.9 Å². The Kier molecular flexibility index (Phi) is 4.78. The number of halogens is 2. The number of benzene rings is 2. The van der Waals surface area contributed by atoms with Crippen LogP contribution in [0.4, 0.5) is 15.9 Å². The highest BCUT2D eigenvalue weighted by Gasteiger charge is 2.35. The Morgan fingerprint density at radius 1 is 1.12 bits per heavy atom. The maximum absolute atomic E-state index is 14.0. The fourth-order valence-electron chi connectivity index (χ4n) is 4.49. The maximum Gasteiger partial charge on any atom is 0.238 e. The van der Waals surface area contributed by atoms with E-state index in [1.54, 1.807) is 17.0 Å². The summed E-state index contributed by atoms with van der Waals surface area (Å²) < 4.78 is 21.3. The number of hydrogen-bond donors (Lipinski definition) is 1. The first-order valence-electron chi connectivity index (χ1n) is 10.7. The van der Waals surface area contributed by atoms with Gasteiger partial charge in [0.25, 0.3) is 0 Å². The number of nitrogens with zero attached hydrogens (tertiary/aromatic N) is 5. The average Bonchev–Trinajstić information content (AvgIpc) is 3.39. The zero-order valence-electron chi connectivity index (χ0n) is 17.6. The second-order valence-corrected chi connectivity index (χ2v) is 8.49. The van der Waals surface area contributed by atoms with Crippen molar-refractivity contribution in [1.29, 1.82) is 0 Å². The van der Waals surface area contributed by atoms with Crippen molar-refractivity contribution >= 4 is 34.1 Å². The molecule has 0 unspecified atom stereocenters. The summed E-state index contributed by atoms with van der Waals surface area (Å²) in [7, 11) is 0. The van der Waals surface area contributed by atoms with Gasteiger partial charge in [0.15, 0.2) is 5.82 Å². The number of rotatable bonds is 3. The number of anilines is 2. The lowest BCUT2D eigenvalue weighted by molar-refractivity contribution is 0.0859. The van der Waals surface area contributed by atoms with Crippen molar-refractivity contribution < 1.29 is 9.13 Å². The van der Waals surface area contributed by atoms with Gasteiger partial charge in [-0.15, -0.1) is 0 Å². The minimum atomic E-state index is -0.351. The topological polar surface area (TPSA) is 68.1 Å². The van der Waals surface area contributed by atoms with Crippen LogP contribution in [0.5, 0.6) is 0 Å². The summed E-state index contributed by atoms with van der Waals surface area (Å²) in [5.74, 6) is 1.48. The quantitative estimate of drug-likeness (QED) is 0.453. The van der Waals surface area contributed by atoms with Gasteiger partial charge < -0.3 is 15.0 Å². The van der Waals surface area contributed by atoms with E-state index in [1.165, 1.54) is 12.1 Å². The van der Waals surface area contributed by atoms with Crippen molar-refractivity contribution in [3.05, 3.63) is 72.0 Å². The van der Waals surface area contributed by atoms with Crippen LogP contribution in [-0.4, -0.2) is 38.8 Å². The number of ether oxygens (including phenoxy) is 1. The first-order chi connectivity index (χ1) is 16.1. The summed E-state index contributed by atoms with van der Waals surface area (Å²) in [5, 5.41) is 3.95. The van der Waals surface area contributed by atoms with Gasteiger partial charge in [0.1, 0.15) is 29.3 Å². The first kappa shape index (κ1) is 20.1. The Morgan fingerprint density at radius 3 is 2.76 bits per heavy atom. The third-order valence-corrected chi connectivity index (χ3v) is 6.41. The standard InChI is InChI=1S/C24H20ClFN6O/c1-14-28-22-21(17-4-2-3-5-18(17)25)29-24(30-23(22)32(14)16-8-10-33-11-9-16)31-13-27-19-7-6-15(26)12-20(19)31/h2-7,12-13,16,28H,1,8-11H2. The molecule has 0 radical (unpaired) electrons. The Bertz CT molecular complexity index is 1400. The van der Waals surface area contributed by atoms with Crippen molar-refractivity contribution in [1.82, 2.24) is 19.5 Å². The van der Waals surface area contributed by atoms with Crippen LogP contribution in [0.25, 0.3) is 28.2 Å². The molecule has 1 fully saturated rings. The minimum Gasteiger partial charge on any atom is -0.381 e. The molecule has 0 atom stereocenters. The lowest BCUT2D eigenvalue weighted by Crippen LogP contribution is -2.38. The van der Waals surface area contributed by atoms with Crippen LogP contribution >= 0.6 is 11.6 Å². The Labute approximate surface area is 194 Å². The number of nitrogens with one attached hydrogen (secondary N) is 1. The predicted octanol–water partition coefficient (Wildman–Crippen LogP) is 5.16. The summed E-state index contributed by atoms with van der Waals surface area (Å²) in [6, 6.07) is 12.2. The van der Waals surface area contributed by atoms with E-state index >= 15 is 0 Å². The molecule has 2 aliphatic rings. The van der Waals surface area contributed by atoms with E-state index in [2.05, 4.69) is 21.8 Å². The molecular formula is C24H20ClFN6O. The summed E-state index contributed by atoms with van der Waals surface area (Å²) >= 11 is 6.57. The number of imidazole rings is 1. The van der Waals surface area contributed by atoms with Gasteiger partial charge in [0, 0.05) is 30.9 Å². The van der Waals surface area contributed by atoms with Gasteiger partial charge in [-0.3, -0.25) is 4.57 Å². The molecule has 2 aromatic heterocycles. The molecule has 0 spiro atoms. The Balaban J connectivity index is 1.59. The molecular weight excluding hydrogens is 443 g/mol. The molecule has 0 amide bonds. The van der Waals surface area contributed by atoms with Crippen molar-refractivity contribution in [2.75, 3.05) is 23.4 Å². The highest BCUT2D eigenvalue weighted by Crippen LogP contribution is 2.44. The van der Waals surface area contributed by atoms with Gasteiger partial charge >= 0.3 is 0 Å². The summed E-state index contributed by atoms with van der Waals surface area (Å²) in [5.41, 5.74) is 3.41. The lowest BCUT2D eigenvalue weighted by atomic mass is 10.1. The van der Waals surface area contributed by atoms with Gasteiger partial charge in [0.2, 0.25) is 5.95 Å². The Morgan fingerprint density at radius 2 is 1.94 bits per heavy atom. The second-order valence-electron chi connectivity index (χ2n) is 8.08. The highest BCUT2D eigenvalue weighted by atomic mass is 35.5.